The number of fused-ring (bicyclic) bond motifs is 1. The largest absolute Gasteiger partial charge is 0.444 e. The lowest BCUT2D eigenvalue weighted by atomic mass is 9.92. The molecular weight excluding hydrogens is 763 g/mol. The van der Waals surface area contributed by atoms with Crippen LogP contribution in [0.4, 0.5) is 4.79 Å². The van der Waals surface area contributed by atoms with E-state index in [4.69, 9.17) is 14.7 Å². The van der Waals surface area contributed by atoms with Crippen LogP contribution in [0, 0.1) is 0 Å². The summed E-state index contributed by atoms with van der Waals surface area (Å²) in [6, 6.07) is 32.2. The number of thiazole rings is 1. The molecule has 2 aromatic heterocycles. The SMILES string of the molecule is CC(C)(C)OC(=O)N1CC(c2nc(-c3ccc(S(C)(=O)=O)cc3)c(-c3cccc(-c4cc(C(C)(C)S(C)(=O)=O)cc5cccnc45)c3)s2)CC1c1ccccc1. The highest BCUT2D eigenvalue weighted by Crippen LogP contribution is 2.47. The molecule has 0 bridgehead atoms. The smallest absolute Gasteiger partial charge is 0.410 e. The van der Waals surface area contributed by atoms with Crippen LogP contribution in [0.2, 0.25) is 0 Å². The van der Waals surface area contributed by atoms with Crippen molar-refractivity contribution in [1.82, 2.24) is 14.9 Å². The molecule has 3 heterocycles. The van der Waals surface area contributed by atoms with Gasteiger partial charge in [-0.25, -0.2) is 26.6 Å². The van der Waals surface area contributed by atoms with Crippen molar-refractivity contribution in [3.63, 3.8) is 0 Å². The average molecular weight is 808 g/mol. The number of amides is 1. The van der Waals surface area contributed by atoms with Crippen LogP contribution in [0.3, 0.4) is 0 Å². The third-order valence-corrected chi connectivity index (χ3v) is 14.9. The molecule has 6 aromatic rings. The van der Waals surface area contributed by atoms with E-state index in [1.807, 2.05) is 93.6 Å². The van der Waals surface area contributed by atoms with Gasteiger partial charge in [-0.2, -0.15) is 0 Å². The summed E-state index contributed by atoms with van der Waals surface area (Å²) >= 11 is 1.55. The van der Waals surface area contributed by atoms with Crippen LogP contribution in [0.5, 0.6) is 0 Å². The number of pyridine rings is 1. The van der Waals surface area contributed by atoms with Crippen molar-refractivity contribution >= 4 is 48.0 Å². The number of nitrogens with zero attached hydrogens (tertiary/aromatic N) is 3. The van der Waals surface area contributed by atoms with Gasteiger partial charge in [0.2, 0.25) is 0 Å². The molecule has 1 amide bonds. The molecule has 0 saturated carbocycles. The normalized spacial score (nSPS) is 16.7. The maximum Gasteiger partial charge on any atom is 0.410 e. The number of carbonyl (C=O) groups excluding carboxylic acids is 1. The molecule has 0 N–H and O–H groups in total. The maximum absolute atomic E-state index is 13.7. The fourth-order valence-corrected chi connectivity index (χ4v) is 9.46. The van der Waals surface area contributed by atoms with Crippen molar-refractivity contribution in [2.24, 2.45) is 0 Å². The first-order valence-electron chi connectivity index (χ1n) is 18.4. The summed E-state index contributed by atoms with van der Waals surface area (Å²) in [5.74, 6) is -0.105. The Hall–Kier alpha value is -4.91. The van der Waals surface area contributed by atoms with Crippen molar-refractivity contribution in [2.75, 3.05) is 19.1 Å². The molecule has 1 aliphatic heterocycles. The molecular formula is C44H45N3O6S3. The minimum atomic E-state index is -3.47. The summed E-state index contributed by atoms with van der Waals surface area (Å²) in [6.07, 6.45) is 4.44. The van der Waals surface area contributed by atoms with Crippen LogP contribution >= 0.6 is 11.3 Å². The topological polar surface area (TPSA) is 124 Å². The molecule has 9 nitrogen and oxygen atoms in total. The van der Waals surface area contributed by atoms with Gasteiger partial charge < -0.3 is 9.64 Å². The minimum absolute atomic E-state index is 0.105. The van der Waals surface area contributed by atoms with Crippen molar-refractivity contribution < 1.29 is 26.4 Å². The quantitative estimate of drug-likeness (QED) is 0.149. The Bertz CT molecular complexity index is 2670. The Morgan fingerprint density at radius 2 is 1.50 bits per heavy atom. The third kappa shape index (κ3) is 7.87. The van der Waals surface area contributed by atoms with E-state index in [1.54, 1.807) is 60.5 Å². The first-order valence-corrected chi connectivity index (χ1v) is 23.0. The highest BCUT2D eigenvalue weighted by molar-refractivity contribution is 7.91. The number of rotatable bonds is 8. The summed E-state index contributed by atoms with van der Waals surface area (Å²) in [4.78, 5) is 26.5. The fraction of sp³-hybridized carbons (Fsp3) is 0.295. The van der Waals surface area contributed by atoms with Gasteiger partial charge in [-0.1, -0.05) is 66.7 Å². The van der Waals surface area contributed by atoms with E-state index in [1.165, 1.54) is 12.5 Å². The highest BCUT2D eigenvalue weighted by atomic mass is 32.2. The predicted molar refractivity (Wildman–Crippen MR) is 224 cm³/mol. The fourth-order valence-electron chi connectivity index (χ4n) is 7.09. The first-order chi connectivity index (χ1) is 26.3. The van der Waals surface area contributed by atoms with Gasteiger partial charge in [0.1, 0.15) is 5.60 Å². The van der Waals surface area contributed by atoms with Crippen LogP contribution in [-0.4, -0.2) is 62.5 Å². The summed E-state index contributed by atoms with van der Waals surface area (Å²) in [5.41, 5.74) is 5.76. The molecule has 2 atom stereocenters. The van der Waals surface area contributed by atoms with Gasteiger partial charge in [0.15, 0.2) is 19.7 Å². The van der Waals surface area contributed by atoms with Crippen LogP contribution in [0.25, 0.3) is 43.7 Å². The zero-order chi connectivity index (χ0) is 40.2. The monoisotopic (exact) mass is 807 g/mol. The number of hydrogen-bond acceptors (Lipinski definition) is 9. The van der Waals surface area contributed by atoms with E-state index in [0.717, 1.165) is 48.6 Å². The van der Waals surface area contributed by atoms with Crippen molar-refractivity contribution in [2.45, 2.75) is 68.2 Å². The second-order valence-corrected chi connectivity index (χ2v) is 21.6. The van der Waals surface area contributed by atoms with E-state index in [0.29, 0.717) is 24.2 Å². The second kappa shape index (κ2) is 14.5. The Morgan fingerprint density at radius 3 is 2.16 bits per heavy atom. The van der Waals surface area contributed by atoms with Crippen molar-refractivity contribution in [3.8, 4) is 32.8 Å². The molecule has 4 aromatic carbocycles. The third-order valence-electron chi connectivity index (χ3n) is 10.4. The van der Waals surface area contributed by atoms with Crippen molar-refractivity contribution in [3.05, 3.63) is 125 Å². The number of aromatic nitrogens is 2. The molecule has 7 rings (SSSR count). The minimum Gasteiger partial charge on any atom is -0.444 e. The summed E-state index contributed by atoms with van der Waals surface area (Å²) in [6.45, 7) is 9.43. The number of hydrogen-bond donors (Lipinski definition) is 0. The molecule has 1 fully saturated rings. The molecule has 56 heavy (non-hydrogen) atoms. The van der Waals surface area contributed by atoms with Gasteiger partial charge in [0.05, 0.1) is 36.8 Å². The lowest BCUT2D eigenvalue weighted by Crippen LogP contribution is -2.36. The molecule has 0 aliphatic carbocycles. The van der Waals surface area contributed by atoms with E-state index in [-0.39, 0.29) is 22.9 Å². The lowest BCUT2D eigenvalue weighted by Gasteiger charge is -2.28. The molecule has 0 spiro atoms. The van der Waals surface area contributed by atoms with E-state index < -0.39 is 30.0 Å². The zero-order valence-electron chi connectivity index (χ0n) is 32.5. The molecule has 290 valence electrons. The van der Waals surface area contributed by atoms with Gasteiger partial charge in [-0.05, 0) is 99.7 Å². The Kier molecular flexibility index (Phi) is 10.2. The van der Waals surface area contributed by atoms with E-state index >= 15 is 0 Å². The van der Waals surface area contributed by atoms with Gasteiger partial charge in [-0.15, -0.1) is 11.3 Å². The zero-order valence-corrected chi connectivity index (χ0v) is 34.9. The molecule has 2 unspecified atom stereocenters. The van der Waals surface area contributed by atoms with Gasteiger partial charge in [0, 0.05) is 47.7 Å². The first kappa shape index (κ1) is 39.3. The molecule has 1 aliphatic rings. The average Bonchev–Trinajstić information content (AvgIpc) is 3.80. The molecule has 12 heteroatoms. The van der Waals surface area contributed by atoms with Crippen molar-refractivity contribution in [1.29, 1.82) is 0 Å². The number of benzene rings is 4. The van der Waals surface area contributed by atoms with Crippen LogP contribution < -0.4 is 0 Å². The second-order valence-electron chi connectivity index (χ2n) is 16.0. The van der Waals surface area contributed by atoms with Gasteiger partial charge in [-0.3, -0.25) is 4.98 Å². The van der Waals surface area contributed by atoms with Crippen LogP contribution in [0.15, 0.2) is 114 Å². The molecule has 0 radical (unpaired) electrons. The van der Waals surface area contributed by atoms with E-state index in [9.17, 15) is 21.6 Å². The standard InChI is InChI=1S/C44H45N3O6S3/c1-43(2,3)53-42(48)47-27-33(25-37(47)28-13-9-8-10-14-28)41-46-39(29-18-20-35(21-19-29)55(6,49)50)40(54-41)32-16-11-15-30(23-32)36-26-34(44(4,5)56(7,51)52)24-31-17-12-22-45-38(31)36/h8-24,26,33,37H,25,27H2,1-7H3. The summed E-state index contributed by atoms with van der Waals surface area (Å²) in [5, 5.41) is 1.68. The summed E-state index contributed by atoms with van der Waals surface area (Å²) < 4.78 is 55.4. The Labute approximate surface area is 333 Å². The van der Waals surface area contributed by atoms with Crippen LogP contribution in [-0.2, 0) is 29.2 Å². The lowest BCUT2D eigenvalue weighted by molar-refractivity contribution is 0.0222. The number of sulfone groups is 2. The highest BCUT2D eigenvalue weighted by Gasteiger charge is 2.41. The number of ether oxygens (including phenoxy) is 1. The molecule has 1 saturated heterocycles. The summed E-state index contributed by atoms with van der Waals surface area (Å²) in [7, 11) is -6.89. The van der Waals surface area contributed by atoms with Crippen LogP contribution in [0.1, 0.15) is 69.1 Å². The Morgan fingerprint density at radius 1 is 0.804 bits per heavy atom. The van der Waals surface area contributed by atoms with Gasteiger partial charge in [0.25, 0.3) is 0 Å². The van der Waals surface area contributed by atoms with Gasteiger partial charge >= 0.3 is 6.09 Å². The number of likely N-dealkylation sites (tertiary alicyclic amines) is 1. The predicted octanol–water partition coefficient (Wildman–Crippen LogP) is 9.84. The maximum atomic E-state index is 13.7. The Balaban J connectivity index is 1.36. The number of carbonyl (C=O) groups is 1. The van der Waals surface area contributed by atoms with E-state index in [2.05, 4.69) is 6.07 Å².